The Morgan fingerprint density at radius 3 is 2.62 bits per heavy atom. The fraction of sp³-hybridized carbons (Fsp3) is 0.500. The number of likely N-dealkylation sites (N-methyl/N-ethyl adjacent to an activating group) is 1. The molecule has 0 atom stereocenters. The number of nitrogens with zero attached hydrogens (tertiary/aromatic N) is 3. The number of ether oxygens (including phenoxy) is 2. The maximum atomic E-state index is 11.1. The Labute approximate surface area is 94.2 Å². The molecule has 1 heterocycles. The van der Waals surface area contributed by atoms with E-state index in [2.05, 4.69) is 14.7 Å². The van der Waals surface area contributed by atoms with E-state index in [9.17, 15) is 4.79 Å². The number of hydrogen-bond acceptors (Lipinski definition) is 6. The van der Waals surface area contributed by atoms with Gasteiger partial charge in [-0.1, -0.05) is 0 Å². The van der Waals surface area contributed by atoms with Crippen molar-refractivity contribution in [3.63, 3.8) is 0 Å². The fourth-order valence-corrected chi connectivity index (χ4v) is 1.07. The molecule has 1 aromatic rings. The average molecular weight is 225 g/mol. The normalized spacial score (nSPS) is 9.94. The van der Waals surface area contributed by atoms with E-state index in [4.69, 9.17) is 4.74 Å². The van der Waals surface area contributed by atoms with Crippen molar-refractivity contribution in [1.82, 2.24) is 9.97 Å². The maximum Gasteiger partial charge on any atom is 0.358 e. The summed E-state index contributed by atoms with van der Waals surface area (Å²) in [7, 11) is 4.82. The monoisotopic (exact) mass is 225 g/mol. The van der Waals surface area contributed by atoms with Gasteiger partial charge in [0, 0.05) is 20.7 Å². The van der Waals surface area contributed by atoms with Gasteiger partial charge in [-0.3, -0.25) is 0 Å². The summed E-state index contributed by atoms with van der Waals surface area (Å²) in [6.07, 6.45) is 2.92. The molecule has 0 radical (unpaired) electrons. The molecule has 0 aromatic carbocycles. The lowest BCUT2D eigenvalue weighted by Gasteiger charge is -2.16. The number of methoxy groups -OCH3 is 2. The van der Waals surface area contributed by atoms with Gasteiger partial charge < -0.3 is 14.4 Å². The van der Waals surface area contributed by atoms with Gasteiger partial charge in [-0.2, -0.15) is 0 Å². The summed E-state index contributed by atoms with van der Waals surface area (Å²) >= 11 is 0. The topological polar surface area (TPSA) is 64.5 Å². The molecular weight excluding hydrogens is 210 g/mol. The Morgan fingerprint density at radius 2 is 2.12 bits per heavy atom. The lowest BCUT2D eigenvalue weighted by atomic mass is 10.4. The highest BCUT2D eigenvalue weighted by molar-refractivity contribution is 5.86. The predicted molar refractivity (Wildman–Crippen MR) is 58.5 cm³/mol. The van der Waals surface area contributed by atoms with E-state index in [-0.39, 0.29) is 5.69 Å². The van der Waals surface area contributed by atoms with E-state index in [1.54, 1.807) is 7.11 Å². The fourth-order valence-electron chi connectivity index (χ4n) is 1.07. The van der Waals surface area contributed by atoms with Crippen LogP contribution >= 0.6 is 0 Å². The second-order valence-electron chi connectivity index (χ2n) is 3.17. The highest BCUT2D eigenvalue weighted by Crippen LogP contribution is 2.06. The number of aromatic nitrogens is 2. The third-order valence-electron chi connectivity index (χ3n) is 2.05. The summed E-state index contributed by atoms with van der Waals surface area (Å²) in [6.45, 7) is 1.32. The highest BCUT2D eigenvalue weighted by Gasteiger charge is 2.08. The van der Waals surface area contributed by atoms with Crippen molar-refractivity contribution in [2.75, 3.05) is 39.3 Å². The van der Waals surface area contributed by atoms with Gasteiger partial charge >= 0.3 is 5.97 Å². The number of anilines is 1. The molecule has 0 aliphatic rings. The minimum atomic E-state index is -0.487. The Kier molecular flexibility index (Phi) is 4.65. The molecule has 6 nitrogen and oxygen atoms in total. The predicted octanol–water partition coefficient (Wildman–Crippen LogP) is 0.346. The smallest absolute Gasteiger partial charge is 0.358 e. The first-order valence-electron chi connectivity index (χ1n) is 4.79. The summed E-state index contributed by atoms with van der Waals surface area (Å²) in [4.78, 5) is 21.1. The molecule has 0 saturated heterocycles. The minimum Gasteiger partial charge on any atom is -0.464 e. The van der Waals surface area contributed by atoms with Crippen molar-refractivity contribution >= 4 is 11.8 Å². The molecule has 0 aliphatic carbocycles. The van der Waals surface area contributed by atoms with Crippen molar-refractivity contribution in [1.29, 1.82) is 0 Å². The standard InChI is InChI=1S/C10H15N3O3/c1-13(4-5-15-2)9-7-11-8(6-12-9)10(14)16-3/h6-7H,4-5H2,1-3H3. The second kappa shape index (κ2) is 6.02. The van der Waals surface area contributed by atoms with Gasteiger partial charge in [-0.15, -0.1) is 0 Å². The van der Waals surface area contributed by atoms with Crippen LogP contribution in [0, 0.1) is 0 Å². The van der Waals surface area contributed by atoms with Crippen LogP contribution in [0.4, 0.5) is 5.82 Å². The molecule has 0 aliphatic heterocycles. The van der Waals surface area contributed by atoms with Gasteiger partial charge in [-0.25, -0.2) is 14.8 Å². The highest BCUT2D eigenvalue weighted by atomic mass is 16.5. The van der Waals surface area contributed by atoms with Crippen LogP contribution in [0.3, 0.4) is 0 Å². The van der Waals surface area contributed by atoms with E-state index in [0.29, 0.717) is 19.0 Å². The zero-order valence-electron chi connectivity index (χ0n) is 9.64. The zero-order valence-corrected chi connectivity index (χ0v) is 9.64. The van der Waals surface area contributed by atoms with Crippen LogP contribution in [-0.4, -0.2) is 50.4 Å². The van der Waals surface area contributed by atoms with Crippen molar-refractivity contribution in [3.8, 4) is 0 Å². The quantitative estimate of drug-likeness (QED) is 0.673. The van der Waals surface area contributed by atoms with Crippen LogP contribution in [0.25, 0.3) is 0 Å². The molecule has 0 bridgehead atoms. The number of hydrogen-bond donors (Lipinski definition) is 0. The molecular formula is C10H15N3O3. The molecule has 88 valence electrons. The van der Waals surface area contributed by atoms with Crippen LogP contribution in [0.1, 0.15) is 10.5 Å². The molecule has 0 N–H and O–H groups in total. The van der Waals surface area contributed by atoms with Crippen LogP contribution in [0.2, 0.25) is 0 Å². The van der Waals surface area contributed by atoms with E-state index in [1.165, 1.54) is 19.5 Å². The van der Waals surface area contributed by atoms with E-state index in [1.807, 2.05) is 11.9 Å². The summed E-state index contributed by atoms with van der Waals surface area (Å²) < 4.78 is 9.48. The molecule has 1 rings (SSSR count). The van der Waals surface area contributed by atoms with Gasteiger partial charge in [0.2, 0.25) is 0 Å². The van der Waals surface area contributed by atoms with E-state index < -0.39 is 5.97 Å². The Morgan fingerprint density at radius 1 is 1.38 bits per heavy atom. The summed E-state index contributed by atoms with van der Waals surface area (Å²) in [5.74, 6) is 0.197. The van der Waals surface area contributed by atoms with Crippen LogP contribution in [0.5, 0.6) is 0 Å². The number of carbonyl (C=O) groups is 1. The zero-order chi connectivity index (χ0) is 12.0. The second-order valence-corrected chi connectivity index (χ2v) is 3.17. The Hall–Kier alpha value is -1.69. The van der Waals surface area contributed by atoms with Crippen molar-refractivity contribution in [2.24, 2.45) is 0 Å². The molecule has 16 heavy (non-hydrogen) atoms. The third-order valence-corrected chi connectivity index (χ3v) is 2.05. The Bertz CT molecular complexity index is 340. The van der Waals surface area contributed by atoms with Gasteiger partial charge in [0.05, 0.1) is 26.1 Å². The summed E-state index contributed by atoms with van der Waals surface area (Å²) in [5.41, 5.74) is 0.200. The van der Waals surface area contributed by atoms with Gasteiger partial charge in [0.25, 0.3) is 0 Å². The van der Waals surface area contributed by atoms with Crippen LogP contribution in [-0.2, 0) is 9.47 Å². The first-order valence-corrected chi connectivity index (χ1v) is 4.79. The average Bonchev–Trinajstić information content (AvgIpc) is 2.35. The van der Waals surface area contributed by atoms with E-state index >= 15 is 0 Å². The number of carbonyl (C=O) groups excluding carboxylic acids is 1. The van der Waals surface area contributed by atoms with Crippen LogP contribution < -0.4 is 4.90 Å². The first-order chi connectivity index (χ1) is 7.69. The molecule has 0 amide bonds. The SMILES string of the molecule is COCCN(C)c1cnc(C(=O)OC)cn1. The summed E-state index contributed by atoms with van der Waals surface area (Å²) in [6, 6.07) is 0. The number of esters is 1. The summed E-state index contributed by atoms with van der Waals surface area (Å²) in [5, 5.41) is 0. The van der Waals surface area contributed by atoms with Crippen LogP contribution in [0.15, 0.2) is 12.4 Å². The lowest BCUT2D eigenvalue weighted by Crippen LogP contribution is -2.23. The lowest BCUT2D eigenvalue weighted by molar-refractivity contribution is 0.0593. The molecule has 0 unspecified atom stereocenters. The van der Waals surface area contributed by atoms with Gasteiger partial charge in [0.15, 0.2) is 5.69 Å². The van der Waals surface area contributed by atoms with Crippen molar-refractivity contribution < 1.29 is 14.3 Å². The molecule has 0 saturated carbocycles. The first kappa shape index (κ1) is 12.4. The molecule has 6 heteroatoms. The molecule has 0 fully saturated rings. The largest absolute Gasteiger partial charge is 0.464 e. The van der Waals surface area contributed by atoms with Gasteiger partial charge in [-0.05, 0) is 0 Å². The minimum absolute atomic E-state index is 0.200. The number of rotatable bonds is 5. The van der Waals surface area contributed by atoms with Crippen molar-refractivity contribution in [3.05, 3.63) is 18.1 Å². The molecule has 0 spiro atoms. The maximum absolute atomic E-state index is 11.1. The molecule has 1 aromatic heterocycles. The van der Waals surface area contributed by atoms with E-state index in [0.717, 1.165) is 0 Å². The third kappa shape index (κ3) is 3.16. The Balaban J connectivity index is 2.67. The van der Waals surface area contributed by atoms with Gasteiger partial charge in [0.1, 0.15) is 5.82 Å². The van der Waals surface area contributed by atoms with Crippen molar-refractivity contribution in [2.45, 2.75) is 0 Å².